The van der Waals surface area contributed by atoms with Crippen molar-refractivity contribution in [2.24, 2.45) is 0 Å². The topological polar surface area (TPSA) is 30.5 Å². The summed E-state index contributed by atoms with van der Waals surface area (Å²) in [7, 11) is 0. The Morgan fingerprint density at radius 2 is 1.71 bits per heavy atom. The lowest BCUT2D eigenvalue weighted by molar-refractivity contribution is -0.147. The van der Waals surface area contributed by atoms with Crippen LogP contribution in [-0.2, 0) is 9.47 Å². The van der Waals surface area contributed by atoms with Gasteiger partial charge in [0.2, 0.25) is 0 Å². The molecule has 0 rings (SSSR count). The third-order valence-electron chi connectivity index (χ3n) is 1.89. The normalized spacial score (nSPS) is 13.2. The molecule has 0 heterocycles. The van der Waals surface area contributed by atoms with Crippen molar-refractivity contribution in [2.45, 2.75) is 40.0 Å². The monoisotopic (exact) mass is 201 g/mol. The number of nitrogens with one attached hydrogen (secondary N) is 1. The molecule has 0 radical (unpaired) electrons. The summed E-state index contributed by atoms with van der Waals surface area (Å²) in [5, 5.41) is 3.30. The summed E-state index contributed by atoms with van der Waals surface area (Å²) >= 11 is 0. The van der Waals surface area contributed by atoms with Gasteiger partial charge in [0.25, 0.3) is 0 Å². The molecule has 1 N–H and O–H groups in total. The Bertz CT molecular complexity index is 153. The summed E-state index contributed by atoms with van der Waals surface area (Å²) < 4.78 is 11.0. The smallest absolute Gasteiger partial charge is 0.176 e. The molecule has 0 saturated carbocycles. The largest absolute Gasteiger partial charge is 0.351 e. The maximum Gasteiger partial charge on any atom is 0.176 e. The molecule has 3 nitrogen and oxygen atoms in total. The number of rotatable bonds is 8. The first kappa shape index (κ1) is 13.6. The minimum absolute atomic E-state index is 0.0832. The Morgan fingerprint density at radius 1 is 1.21 bits per heavy atom. The van der Waals surface area contributed by atoms with Gasteiger partial charge in [-0.1, -0.05) is 19.1 Å². The Balaban J connectivity index is 4.29. The van der Waals surface area contributed by atoms with Crippen molar-refractivity contribution in [3.63, 3.8) is 0 Å². The highest BCUT2D eigenvalue weighted by Crippen LogP contribution is 2.09. The Kier molecular flexibility index (Phi) is 7.76. The molecule has 3 heteroatoms. The van der Waals surface area contributed by atoms with Gasteiger partial charge in [-0.05, 0) is 27.3 Å². The summed E-state index contributed by atoms with van der Waals surface area (Å²) in [4.78, 5) is 0. The summed E-state index contributed by atoms with van der Waals surface area (Å²) in [6, 6.07) is 0.0832. The zero-order valence-electron chi connectivity index (χ0n) is 9.80. The van der Waals surface area contributed by atoms with Crippen LogP contribution in [0, 0.1) is 0 Å². The van der Waals surface area contributed by atoms with Crippen LogP contribution in [0.4, 0.5) is 0 Å². The van der Waals surface area contributed by atoms with Crippen LogP contribution >= 0.6 is 0 Å². The van der Waals surface area contributed by atoms with Crippen LogP contribution in [0.2, 0.25) is 0 Å². The van der Waals surface area contributed by atoms with Crippen molar-refractivity contribution in [3.05, 3.63) is 12.2 Å². The highest BCUT2D eigenvalue weighted by molar-refractivity contribution is 5.03. The summed E-state index contributed by atoms with van der Waals surface area (Å²) in [6.45, 7) is 14.1. The maximum absolute atomic E-state index is 5.51. The van der Waals surface area contributed by atoms with E-state index in [1.165, 1.54) is 0 Å². The molecular formula is C11H23NO2. The second-order valence-electron chi connectivity index (χ2n) is 3.16. The van der Waals surface area contributed by atoms with Crippen LogP contribution < -0.4 is 5.32 Å². The number of hydrogen-bond donors (Lipinski definition) is 1. The van der Waals surface area contributed by atoms with Gasteiger partial charge < -0.3 is 14.8 Å². The SMILES string of the molecule is C=C(C)C(NCC)C(OCC)OCC. The van der Waals surface area contributed by atoms with Crippen LogP contribution in [-0.4, -0.2) is 32.1 Å². The van der Waals surface area contributed by atoms with Crippen molar-refractivity contribution >= 4 is 0 Å². The van der Waals surface area contributed by atoms with E-state index in [0.717, 1.165) is 12.1 Å². The lowest BCUT2D eigenvalue weighted by Gasteiger charge is -2.27. The van der Waals surface area contributed by atoms with Crippen LogP contribution in [0.5, 0.6) is 0 Å². The van der Waals surface area contributed by atoms with Gasteiger partial charge in [-0.25, -0.2) is 0 Å². The molecule has 0 fully saturated rings. The fraction of sp³-hybridized carbons (Fsp3) is 0.818. The second kappa shape index (κ2) is 7.97. The van der Waals surface area contributed by atoms with E-state index in [9.17, 15) is 0 Å². The summed E-state index contributed by atoms with van der Waals surface area (Å²) in [5.41, 5.74) is 1.04. The van der Waals surface area contributed by atoms with Crippen LogP contribution in [0.15, 0.2) is 12.2 Å². The molecule has 14 heavy (non-hydrogen) atoms. The summed E-state index contributed by atoms with van der Waals surface area (Å²) in [5.74, 6) is 0. The average Bonchev–Trinajstić information content (AvgIpc) is 2.13. The molecule has 1 unspecified atom stereocenters. The molecule has 0 aliphatic carbocycles. The molecule has 0 aromatic carbocycles. The van der Waals surface area contributed by atoms with E-state index in [1.807, 2.05) is 20.8 Å². The predicted molar refractivity (Wildman–Crippen MR) is 59.3 cm³/mol. The van der Waals surface area contributed by atoms with Crippen molar-refractivity contribution in [1.29, 1.82) is 0 Å². The van der Waals surface area contributed by atoms with E-state index in [4.69, 9.17) is 9.47 Å². The molecule has 0 aromatic rings. The predicted octanol–water partition coefficient (Wildman–Crippen LogP) is 1.94. The first-order chi connectivity index (χ1) is 6.67. The molecule has 0 aliphatic rings. The minimum atomic E-state index is -0.220. The molecule has 84 valence electrons. The van der Waals surface area contributed by atoms with Crippen LogP contribution in [0.3, 0.4) is 0 Å². The van der Waals surface area contributed by atoms with Crippen molar-refractivity contribution in [3.8, 4) is 0 Å². The van der Waals surface area contributed by atoms with E-state index < -0.39 is 0 Å². The Hall–Kier alpha value is -0.380. The molecule has 0 aromatic heterocycles. The van der Waals surface area contributed by atoms with E-state index in [-0.39, 0.29) is 12.3 Å². The molecule has 0 amide bonds. The highest BCUT2D eigenvalue weighted by atomic mass is 16.7. The van der Waals surface area contributed by atoms with Gasteiger partial charge >= 0.3 is 0 Å². The van der Waals surface area contributed by atoms with Gasteiger partial charge in [0.1, 0.15) is 0 Å². The van der Waals surface area contributed by atoms with Crippen molar-refractivity contribution in [1.82, 2.24) is 5.32 Å². The lowest BCUT2D eigenvalue weighted by atomic mass is 10.1. The number of likely N-dealkylation sites (N-methyl/N-ethyl adjacent to an activating group) is 1. The zero-order valence-corrected chi connectivity index (χ0v) is 9.80. The van der Waals surface area contributed by atoms with E-state index >= 15 is 0 Å². The second-order valence-corrected chi connectivity index (χ2v) is 3.16. The average molecular weight is 201 g/mol. The molecule has 0 aliphatic heterocycles. The van der Waals surface area contributed by atoms with Gasteiger partial charge in [-0.2, -0.15) is 0 Å². The molecule has 0 spiro atoms. The number of ether oxygens (including phenoxy) is 2. The quantitative estimate of drug-likeness (QED) is 0.481. The van der Waals surface area contributed by atoms with E-state index in [2.05, 4.69) is 18.8 Å². The van der Waals surface area contributed by atoms with Crippen molar-refractivity contribution in [2.75, 3.05) is 19.8 Å². The maximum atomic E-state index is 5.51. The van der Waals surface area contributed by atoms with E-state index in [1.54, 1.807) is 0 Å². The van der Waals surface area contributed by atoms with Crippen LogP contribution in [0.25, 0.3) is 0 Å². The van der Waals surface area contributed by atoms with Gasteiger partial charge in [0, 0.05) is 13.2 Å². The molecule has 1 atom stereocenters. The molecule has 0 bridgehead atoms. The Morgan fingerprint density at radius 3 is 2.00 bits per heavy atom. The lowest BCUT2D eigenvalue weighted by Crippen LogP contribution is -2.43. The molecule has 0 saturated heterocycles. The van der Waals surface area contributed by atoms with E-state index in [0.29, 0.717) is 13.2 Å². The first-order valence-electron chi connectivity index (χ1n) is 5.29. The fourth-order valence-corrected chi connectivity index (χ4v) is 1.29. The third kappa shape index (κ3) is 4.74. The first-order valence-corrected chi connectivity index (χ1v) is 5.29. The standard InChI is InChI=1S/C11H23NO2/c1-6-12-10(9(4)5)11(13-7-2)14-8-3/h10-12H,4,6-8H2,1-3,5H3. The minimum Gasteiger partial charge on any atom is -0.351 e. The van der Waals surface area contributed by atoms with Gasteiger partial charge in [0.05, 0.1) is 6.04 Å². The van der Waals surface area contributed by atoms with Crippen molar-refractivity contribution < 1.29 is 9.47 Å². The number of hydrogen-bond acceptors (Lipinski definition) is 3. The molecular weight excluding hydrogens is 178 g/mol. The van der Waals surface area contributed by atoms with Gasteiger partial charge in [-0.15, -0.1) is 0 Å². The third-order valence-corrected chi connectivity index (χ3v) is 1.89. The van der Waals surface area contributed by atoms with Gasteiger partial charge in [0.15, 0.2) is 6.29 Å². The summed E-state index contributed by atoms with van der Waals surface area (Å²) in [6.07, 6.45) is -0.220. The Labute approximate surface area is 87.5 Å². The highest BCUT2D eigenvalue weighted by Gasteiger charge is 2.21. The van der Waals surface area contributed by atoms with Crippen LogP contribution in [0.1, 0.15) is 27.7 Å². The fourth-order valence-electron chi connectivity index (χ4n) is 1.29. The zero-order chi connectivity index (χ0) is 11.0. The van der Waals surface area contributed by atoms with Gasteiger partial charge in [-0.3, -0.25) is 0 Å².